The van der Waals surface area contributed by atoms with E-state index in [1.165, 1.54) is 12.8 Å². The normalized spacial score (nSPS) is 28.4. The highest BCUT2D eigenvalue weighted by molar-refractivity contribution is 5.91. The molecule has 0 fully saturated rings. The summed E-state index contributed by atoms with van der Waals surface area (Å²) in [6, 6.07) is 0. The summed E-state index contributed by atoms with van der Waals surface area (Å²) in [5, 5.41) is 0. The zero-order chi connectivity index (χ0) is 27.3. The summed E-state index contributed by atoms with van der Waals surface area (Å²) >= 11 is 0. The Morgan fingerprint density at radius 3 is 1.97 bits per heavy atom. The van der Waals surface area contributed by atoms with Crippen molar-refractivity contribution in [1.29, 1.82) is 0 Å². The van der Waals surface area contributed by atoms with E-state index < -0.39 is 6.10 Å². The lowest BCUT2D eigenvalue weighted by Gasteiger charge is -2.22. The van der Waals surface area contributed by atoms with Crippen LogP contribution in [0.2, 0.25) is 0 Å². The van der Waals surface area contributed by atoms with Crippen LogP contribution in [0.1, 0.15) is 104 Å². The number of ether oxygens (including phenoxy) is 2. The van der Waals surface area contributed by atoms with Gasteiger partial charge in [-0.3, -0.25) is 4.79 Å². The van der Waals surface area contributed by atoms with Crippen LogP contribution in [0.5, 0.6) is 0 Å². The van der Waals surface area contributed by atoms with Gasteiger partial charge in [0, 0.05) is 12.8 Å². The highest BCUT2D eigenvalue weighted by atomic mass is 16.6. The highest BCUT2D eigenvalue weighted by Gasteiger charge is 2.27. The average Bonchev–Trinajstić information content (AvgIpc) is 2.90. The van der Waals surface area contributed by atoms with E-state index in [4.69, 9.17) is 9.47 Å². The van der Waals surface area contributed by atoms with Gasteiger partial charge in [0.25, 0.3) is 0 Å². The maximum absolute atomic E-state index is 13.6. The number of allylic oxidation sites excluding steroid dienone is 12. The van der Waals surface area contributed by atoms with Gasteiger partial charge < -0.3 is 9.47 Å². The molecular weight excluding hydrogens is 472 g/mol. The molecule has 0 spiro atoms. The Bertz CT molecular complexity index is 913. The van der Waals surface area contributed by atoms with Crippen molar-refractivity contribution in [3.63, 3.8) is 0 Å². The van der Waals surface area contributed by atoms with Gasteiger partial charge in [-0.2, -0.15) is 0 Å². The lowest BCUT2D eigenvalue weighted by Crippen LogP contribution is -2.28. The second kappa shape index (κ2) is 20.1. The van der Waals surface area contributed by atoms with E-state index >= 15 is 0 Å². The molecule has 0 bridgehead atoms. The minimum atomic E-state index is -0.668. The maximum atomic E-state index is 13.6. The van der Waals surface area contributed by atoms with Crippen LogP contribution >= 0.6 is 0 Å². The second-order valence-corrected chi connectivity index (χ2v) is 10.1. The third kappa shape index (κ3) is 13.6. The Morgan fingerprint density at radius 2 is 1.26 bits per heavy atom. The molecule has 0 saturated carbocycles. The summed E-state index contributed by atoms with van der Waals surface area (Å²) in [5.74, 6) is -0.632. The summed E-state index contributed by atoms with van der Waals surface area (Å²) in [4.78, 5) is 26.3. The molecule has 0 radical (unpaired) electrons. The summed E-state index contributed by atoms with van der Waals surface area (Å²) in [7, 11) is 0. The quantitative estimate of drug-likeness (QED) is 0.324. The molecule has 0 N–H and O–H groups in total. The lowest BCUT2D eigenvalue weighted by atomic mass is 9.97. The topological polar surface area (TPSA) is 52.6 Å². The molecule has 0 aliphatic carbocycles. The van der Waals surface area contributed by atoms with E-state index in [0.717, 1.165) is 63.4 Å². The van der Waals surface area contributed by atoms with Crippen molar-refractivity contribution in [2.24, 2.45) is 0 Å². The minimum absolute atomic E-state index is 0.239. The summed E-state index contributed by atoms with van der Waals surface area (Å²) in [6.45, 7) is 3.83. The van der Waals surface area contributed by atoms with Gasteiger partial charge in [-0.1, -0.05) is 106 Å². The molecule has 2 unspecified atom stereocenters. The van der Waals surface area contributed by atoms with Gasteiger partial charge in [0.2, 0.25) is 0 Å². The van der Waals surface area contributed by atoms with Crippen molar-refractivity contribution < 1.29 is 19.1 Å². The highest BCUT2D eigenvalue weighted by Crippen LogP contribution is 2.24. The fraction of sp³-hybridized carbons (Fsp3) is 0.529. The third-order valence-electron chi connectivity index (χ3n) is 6.85. The van der Waals surface area contributed by atoms with Crippen LogP contribution < -0.4 is 0 Å². The Labute approximate surface area is 230 Å². The fourth-order valence-electron chi connectivity index (χ4n) is 4.60. The molecule has 0 aromatic rings. The van der Waals surface area contributed by atoms with Crippen molar-refractivity contribution in [3.8, 4) is 0 Å². The number of hydrogen-bond donors (Lipinski definition) is 0. The Hall–Kier alpha value is -2.88. The number of carbonyl (C=O) groups is 2. The van der Waals surface area contributed by atoms with E-state index in [2.05, 4.69) is 24.3 Å². The van der Waals surface area contributed by atoms with Crippen LogP contribution in [0.4, 0.5) is 0 Å². The number of carbonyl (C=O) groups excluding carboxylic acids is 2. The van der Waals surface area contributed by atoms with Gasteiger partial charge in [-0.05, 0) is 63.9 Å². The molecule has 38 heavy (non-hydrogen) atoms. The van der Waals surface area contributed by atoms with Crippen molar-refractivity contribution in [2.75, 3.05) is 0 Å². The molecule has 2 rings (SSSR count). The molecule has 0 aromatic heterocycles. The monoisotopic (exact) mass is 520 g/mol. The molecule has 2 atom stereocenters. The summed E-state index contributed by atoms with van der Waals surface area (Å²) < 4.78 is 11.8. The standard InChI is InChI=1S/C34H48O4/c1-3-31-27-23-19-15-11-8-7-10-14-18-22-26-30-25-21-17-13-9-5-4-6-12-16-20-24-28-32(35)37-29(2)33(30)34(36)38-31/h5,7-9,11,13,15,17,19,21,23,25,29,31H,3-4,6,10,12,14,16,18,20,22,24,26-28H2,1-2H3/b8-7+,9-5+,15-11+,17-13-,23-19+,25-21?,33-30?. The van der Waals surface area contributed by atoms with E-state index in [1.54, 1.807) is 6.92 Å². The molecule has 0 amide bonds. The number of cyclic esters (lactones) is 2. The first-order chi connectivity index (χ1) is 18.6. The van der Waals surface area contributed by atoms with Gasteiger partial charge in [-0.25, -0.2) is 4.79 Å². The molecule has 0 aromatic carbocycles. The van der Waals surface area contributed by atoms with Crippen LogP contribution in [0, 0.1) is 0 Å². The van der Waals surface area contributed by atoms with E-state index in [0.29, 0.717) is 24.8 Å². The molecular formula is C34H48O4. The number of rotatable bonds is 1. The Balaban J connectivity index is 2.39. The van der Waals surface area contributed by atoms with Crippen LogP contribution in [0.3, 0.4) is 0 Å². The Morgan fingerprint density at radius 1 is 0.684 bits per heavy atom. The minimum Gasteiger partial charge on any atom is -0.459 e. The first kappa shape index (κ1) is 31.3. The zero-order valence-electron chi connectivity index (χ0n) is 23.6. The largest absolute Gasteiger partial charge is 0.459 e. The van der Waals surface area contributed by atoms with Crippen LogP contribution in [-0.2, 0) is 19.1 Å². The first-order valence-electron chi connectivity index (χ1n) is 14.7. The summed E-state index contributed by atoms with van der Waals surface area (Å²) in [6.07, 6.45) is 36.6. The van der Waals surface area contributed by atoms with Crippen molar-refractivity contribution in [1.82, 2.24) is 0 Å². The lowest BCUT2D eigenvalue weighted by molar-refractivity contribution is -0.151. The van der Waals surface area contributed by atoms with Crippen LogP contribution in [-0.4, -0.2) is 24.1 Å². The molecule has 2 aliphatic rings. The van der Waals surface area contributed by atoms with Gasteiger partial charge >= 0.3 is 11.9 Å². The van der Waals surface area contributed by atoms with Gasteiger partial charge in [0.05, 0.1) is 5.57 Å². The smallest absolute Gasteiger partial charge is 0.338 e. The van der Waals surface area contributed by atoms with Crippen molar-refractivity contribution in [3.05, 3.63) is 84.1 Å². The first-order valence-corrected chi connectivity index (χ1v) is 14.7. The second-order valence-electron chi connectivity index (χ2n) is 10.1. The zero-order valence-corrected chi connectivity index (χ0v) is 23.6. The molecule has 4 nitrogen and oxygen atoms in total. The van der Waals surface area contributed by atoms with E-state index in [9.17, 15) is 9.59 Å². The number of hydrogen-bond acceptors (Lipinski definition) is 4. The van der Waals surface area contributed by atoms with Crippen molar-refractivity contribution in [2.45, 2.75) is 116 Å². The molecule has 2 heterocycles. The predicted molar refractivity (Wildman–Crippen MR) is 158 cm³/mol. The van der Waals surface area contributed by atoms with Gasteiger partial charge in [0.1, 0.15) is 12.2 Å². The summed E-state index contributed by atoms with van der Waals surface area (Å²) in [5.41, 5.74) is 1.35. The molecule has 4 heteroatoms. The van der Waals surface area contributed by atoms with E-state index in [1.807, 2.05) is 55.5 Å². The fourth-order valence-corrected chi connectivity index (χ4v) is 4.60. The Kier molecular flexibility index (Phi) is 16.6. The molecule has 2 aliphatic heterocycles. The third-order valence-corrected chi connectivity index (χ3v) is 6.85. The molecule has 208 valence electrons. The number of esters is 2. The van der Waals surface area contributed by atoms with Crippen LogP contribution in [0.25, 0.3) is 0 Å². The average molecular weight is 521 g/mol. The van der Waals surface area contributed by atoms with Gasteiger partial charge in [0.15, 0.2) is 0 Å². The molecule has 0 saturated heterocycles. The maximum Gasteiger partial charge on any atom is 0.338 e. The van der Waals surface area contributed by atoms with Crippen molar-refractivity contribution >= 4 is 11.9 Å². The van der Waals surface area contributed by atoms with E-state index in [-0.39, 0.29) is 18.0 Å². The van der Waals surface area contributed by atoms with Gasteiger partial charge in [-0.15, -0.1) is 0 Å². The van der Waals surface area contributed by atoms with Crippen LogP contribution in [0.15, 0.2) is 84.1 Å². The SMILES string of the molecule is CCC1C/C=C/C=C/C=C/CCCCCC2=C(C(=O)O1)C(C)OC(=O)CCCCCCC/C=C/C=C\C=C2. The predicted octanol–water partition coefficient (Wildman–Crippen LogP) is 8.97.